The number of rotatable bonds is 7. The number of oxazole rings is 1. The van der Waals surface area contributed by atoms with Gasteiger partial charge in [0.15, 0.2) is 5.58 Å². The van der Waals surface area contributed by atoms with E-state index in [-0.39, 0.29) is 0 Å². The lowest BCUT2D eigenvalue weighted by atomic mass is 9.94. The second-order valence-corrected chi connectivity index (χ2v) is 15.3. The Morgan fingerprint density at radius 1 is 0.317 bits per heavy atom. The van der Waals surface area contributed by atoms with Gasteiger partial charge in [0.25, 0.3) is 0 Å². The molecule has 9 aromatic carbocycles. The summed E-state index contributed by atoms with van der Waals surface area (Å²) in [5.74, 6) is 0. The van der Waals surface area contributed by atoms with E-state index in [0.29, 0.717) is 0 Å². The summed E-state index contributed by atoms with van der Waals surface area (Å²) < 4.78 is 15.4. The van der Waals surface area contributed by atoms with Crippen molar-refractivity contribution < 1.29 is 8.83 Å². The molecule has 4 nitrogen and oxygen atoms in total. The Balaban J connectivity index is 0.945. The molecule has 3 heterocycles. The zero-order valence-electron chi connectivity index (χ0n) is 32.5. The van der Waals surface area contributed by atoms with Gasteiger partial charge in [0.2, 0.25) is 5.71 Å². The van der Waals surface area contributed by atoms with Crippen LogP contribution >= 0.6 is 0 Å². The molecule has 282 valence electrons. The van der Waals surface area contributed by atoms with E-state index >= 15 is 0 Å². The summed E-state index contributed by atoms with van der Waals surface area (Å²) in [5.41, 5.74) is 18.0. The number of nitrogens with zero attached hydrogens (tertiary/aromatic N) is 2. The molecule has 0 aliphatic heterocycles. The summed E-state index contributed by atoms with van der Waals surface area (Å²) >= 11 is 0. The number of para-hydroxylation sites is 2. The number of hydrogen-bond acceptors (Lipinski definition) is 3. The molecule has 0 saturated carbocycles. The average molecular weight is 769 g/mol. The first-order valence-corrected chi connectivity index (χ1v) is 20.3. The molecule has 0 saturated heterocycles. The molecule has 0 bridgehead atoms. The van der Waals surface area contributed by atoms with Crippen molar-refractivity contribution >= 4 is 66.7 Å². The van der Waals surface area contributed by atoms with Crippen molar-refractivity contribution in [3.05, 3.63) is 218 Å². The Morgan fingerprint density at radius 3 is 1.60 bits per heavy atom. The van der Waals surface area contributed by atoms with Crippen molar-refractivity contribution in [3.8, 4) is 44.5 Å². The van der Waals surface area contributed by atoms with Crippen LogP contribution < -0.4 is 4.90 Å². The van der Waals surface area contributed by atoms with Gasteiger partial charge < -0.3 is 13.7 Å². The average Bonchev–Trinajstić information content (AvgIpc) is 3.98. The number of aromatic nitrogens is 1. The van der Waals surface area contributed by atoms with Crippen LogP contribution in [0.1, 0.15) is 0 Å². The van der Waals surface area contributed by atoms with Crippen LogP contribution in [0.15, 0.2) is 227 Å². The van der Waals surface area contributed by atoms with Crippen LogP contribution in [0.5, 0.6) is 0 Å². The number of hydrogen-bond donors (Lipinski definition) is 0. The van der Waals surface area contributed by atoms with Crippen molar-refractivity contribution in [2.45, 2.75) is 0 Å². The number of anilines is 3. The van der Waals surface area contributed by atoms with E-state index in [1.165, 1.54) is 22.1 Å². The van der Waals surface area contributed by atoms with Crippen molar-refractivity contribution in [2.24, 2.45) is 0 Å². The maximum absolute atomic E-state index is 6.74. The van der Waals surface area contributed by atoms with Gasteiger partial charge >= 0.3 is 0 Å². The lowest BCUT2D eigenvalue weighted by molar-refractivity contribution is 0.658. The van der Waals surface area contributed by atoms with Crippen molar-refractivity contribution in [3.63, 3.8) is 0 Å². The van der Waals surface area contributed by atoms with Crippen molar-refractivity contribution in [1.82, 2.24) is 4.40 Å². The van der Waals surface area contributed by atoms with Gasteiger partial charge in [0.1, 0.15) is 11.2 Å². The van der Waals surface area contributed by atoms with Crippen molar-refractivity contribution in [1.29, 1.82) is 0 Å². The highest BCUT2D eigenvalue weighted by molar-refractivity contribution is 6.08. The van der Waals surface area contributed by atoms with Crippen LogP contribution in [-0.4, -0.2) is 4.40 Å². The quantitative estimate of drug-likeness (QED) is 0.162. The van der Waals surface area contributed by atoms with Crippen LogP contribution in [-0.2, 0) is 0 Å². The minimum atomic E-state index is 0.851. The molecule has 4 heteroatoms. The van der Waals surface area contributed by atoms with E-state index in [4.69, 9.17) is 8.83 Å². The summed E-state index contributed by atoms with van der Waals surface area (Å²) in [4.78, 5) is 2.30. The second kappa shape index (κ2) is 13.8. The molecule has 0 N–H and O–H groups in total. The molecular formula is C56H36N2O2. The second-order valence-electron chi connectivity index (χ2n) is 15.3. The van der Waals surface area contributed by atoms with Gasteiger partial charge in [-0.25, -0.2) is 0 Å². The van der Waals surface area contributed by atoms with Crippen LogP contribution in [0, 0.1) is 0 Å². The first-order valence-electron chi connectivity index (χ1n) is 20.3. The Labute approximate surface area is 346 Å². The van der Waals surface area contributed by atoms with Crippen LogP contribution in [0.2, 0.25) is 0 Å². The molecule has 0 unspecified atom stereocenters. The van der Waals surface area contributed by atoms with Crippen LogP contribution in [0.25, 0.3) is 94.2 Å². The SMILES string of the molecule is c1ccc(-c2ccccc2-c2ccc(N(c3ccc(-c4ccc5c(c4)oc4c(-c6ccccc6)c6ccccc6n45)cc3)c3ccc4c(c3)oc3ccccc34)cc2)cc1. The molecule has 0 radical (unpaired) electrons. The number of fused-ring (bicyclic) bond motifs is 8. The fraction of sp³-hybridized carbons (Fsp3) is 0. The molecule has 0 fully saturated rings. The Morgan fingerprint density at radius 2 is 0.867 bits per heavy atom. The third-order valence-electron chi connectivity index (χ3n) is 11.8. The Hall–Kier alpha value is -8.08. The van der Waals surface area contributed by atoms with E-state index in [9.17, 15) is 0 Å². The predicted molar refractivity (Wildman–Crippen MR) is 248 cm³/mol. The highest BCUT2D eigenvalue weighted by atomic mass is 16.3. The minimum Gasteiger partial charge on any atom is -0.456 e. The molecule has 60 heavy (non-hydrogen) atoms. The maximum atomic E-state index is 6.74. The van der Waals surface area contributed by atoms with Gasteiger partial charge in [0, 0.05) is 39.3 Å². The predicted octanol–water partition coefficient (Wildman–Crippen LogP) is 15.9. The molecule has 12 rings (SSSR count). The smallest absolute Gasteiger partial charge is 0.213 e. The number of furan rings is 1. The molecule has 0 spiro atoms. The zero-order chi connectivity index (χ0) is 39.6. The first-order chi connectivity index (χ1) is 29.7. The van der Waals surface area contributed by atoms with Gasteiger partial charge in [-0.2, -0.15) is 0 Å². The normalized spacial score (nSPS) is 11.7. The molecular weight excluding hydrogens is 733 g/mol. The summed E-state index contributed by atoms with van der Waals surface area (Å²) in [6.07, 6.45) is 0. The molecule has 0 atom stereocenters. The maximum Gasteiger partial charge on any atom is 0.213 e. The van der Waals surface area contributed by atoms with Gasteiger partial charge in [-0.15, -0.1) is 0 Å². The molecule has 12 aromatic rings. The third-order valence-corrected chi connectivity index (χ3v) is 11.8. The summed E-state index contributed by atoms with van der Waals surface area (Å²) in [6.45, 7) is 0. The topological polar surface area (TPSA) is 33.9 Å². The lowest BCUT2D eigenvalue weighted by Gasteiger charge is -2.26. The van der Waals surface area contributed by atoms with Crippen LogP contribution in [0.3, 0.4) is 0 Å². The molecule has 0 aliphatic carbocycles. The summed E-state index contributed by atoms with van der Waals surface area (Å²) in [5, 5.41) is 3.40. The monoisotopic (exact) mass is 768 g/mol. The standard InChI is InChI=1S/C56H36N2O2/c1-3-13-38(14-4-1)45-17-7-8-18-46(45)39-25-30-43(31-26-39)57(44-32-33-48-47-19-10-12-22-52(47)59-53(48)36-44)42-28-23-37(24-29-42)41-27-34-51-54(35-41)60-56-55(40-15-5-2-6-16-40)49-20-9-11-21-50(49)58(51)56/h1-36H. The zero-order valence-corrected chi connectivity index (χ0v) is 32.5. The minimum absolute atomic E-state index is 0.851. The van der Waals surface area contributed by atoms with E-state index in [0.717, 1.165) is 89.1 Å². The summed E-state index contributed by atoms with van der Waals surface area (Å²) in [7, 11) is 0. The van der Waals surface area contributed by atoms with E-state index in [2.05, 4.69) is 216 Å². The highest BCUT2D eigenvalue weighted by Gasteiger charge is 2.21. The number of benzene rings is 9. The summed E-state index contributed by atoms with van der Waals surface area (Å²) in [6, 6.07) is 77.3. The van der Waals surface area contributed by atoms with E-state index < -0.39 is 0 Å². The Bertz CT molecular complexity index is 3520. The lowest BCUT2D eigenvalue weighted by Crippen LogP contribution is -2.09. The van der Waals surface area contributed by atoms with Gasteiger partial charge in [-0.05, 0) is 99.6 Å². The van der Waals surface area contributed by atoms with Gasteiger partial charge in [0.05, 0.1) is 16.6 Å². The van der Waals surface area contributed by atoms with Crippen LogP contribution in [0.4, 0.5) is 17.1 Å². The van der Waals surface area contributed by atoms with Gasteiger partial charge in [-0.3, -0.25) is 4.40 Å². The Kier molecular flexibility index (Phi) is 7.82. The van der Waals surface area contributed by atoms with Gasteiger partial charge in [-0.1, -0.05) is 152 Å². The largest absolute Gasteiger partial charge is 0.456 e. The van der Waals surface area contributed by atoms with E-state index in [1.807, 2.05) is 12.1 Å². The fourth-order valence-corrected chi connectivity index (χ4v) is 9.00. The highest BCUT2D eigenvalue weighted by Crippen LogP contribution is 2.43. The van der Waals surface area contributed by atoms with Crippen molar-refractivity contribution in [2.75, 3.05) is 4.90 Å². The van der Waals surface area contributed by atoms with E-state index in [1.54, 1.807) is 0 Å². The first kappa shape index (κ1) is 34.0. The molecule has 0 aliphatic rings. The molecule has 0 amide bonds. The fourth-order valence-electron chi connectivity index (χ4n) is 9.00. The third kappa shape index (κ3) is 5.53. The molecule has 3 aromatic heterocycles.